The first-order valence-electron chi connectivity index (χ1n) is 3.32. The summed E-state index contributed by atoms with van der Waals surface area (Å²) < 4.78 is 4.26. The predicted molar refractivity (Wildman–Crippen MR) is 40.0 cm³/mol. The maximum Gasteiger partial charge on any atom is 0.633 e. The first-order valence-corrected chi connectivity index (χ1v) is 3.32. The lowest BCUT2D eigenvalue weighted by atomic mass is 9.90. The molecule has 0 saturated heterocycles. The molecule has 0 aliphatic heterocycles. The molecule has 13 heavy (non-hydrogen) atoms. The molecule has 0 aliphatic rings. The van der Waals surface area contributed by atoms with Gasteiger partial charge < -0.3 is 14.7 Å². The molecule has 0 bridgehead atoms. The summed E-state index contributed by atoms with van der Waals surface area (Å²) in [6.07, 6.45) is -0.186. The van der Waals surface area contributed by atoms with Gasteiger partial charge >= 0.3 is 7.32 Å². The van der Waals surface area contributed by atoms with E-state index in [9.17, 15) is 0 Å². The summed E-state index contributed by atoms with van der Waals surface area (Å²) in [5.74, 6) is 0. The highest BCUT2D eigenvalue weighted by atomic mass is 16.6. The van der Waals surface area contributed by atoms with Crippen LogP contribution in [0.15, 0.2) is 0 Å². The van der Waals surface area contributed by atoms with Crippen molar-refractivity contribution in [2.75, 3.05) is 6.61 Å². The van der Waals surface area contributed by atoms with Crippen LogP contribution in [0.1, 0.15) is 6.42 Å². The molecule has 0 spiro atoms. The van der Waals surface area contributed by atoms with Crippen LogP contribution >= 0.6 is 0 Å². The third kappa shape index (κ3) is 3.55. The first-order chi connectivity index (χ1) is 6.10. The second-order valence-corrected chi connectivity index (χ2v) is 2.19. The lowest BCUT2D eigenvalue weighted by Crippen LogP contribution is -2.22. The molecule has 0 rings (SSSR count). The van der Waals surface area contributed by atoms with Gasteiger partial charge in [-0.25, -0.2) is 0 Å². The Balaban J connectivity index is 4.11. The summed E-state index contributed by atoms with van der Waals surface area (Å²) >= 11 is 0. The van der Waals surface area contributed by atoms with Gasteiger partial charge in [0.15, 0.2) is 0 Å². The van der Waals surface area contributed by atoms with Gasteiger partial charge in [0.05, 0.1) is 0 Å². The molecule has 0 unspecified atom stereocenters. The van der Waals surface area contributed by atoms with E-state index in [1.807, 2.05) is 0 Å². The van der Waals surface area contributed by atoms with Crippen LogP contribution in [0.4, 0.5) is 0 Å². The Kier molecular flexibility index (Phi) is 4.50. The number of hydrogen-bond acceptors (Lipinski definition) is 6. The van der Waals surface area contributed by atoms with E-state index in [1.165, 1.54) is 18.2 Å². The molecule has 0 aliphatic carbocycles. The van der Waals surface area contributed by atoms with Crippen LogP contribution in [0.3, 0.4) is 0 Å². The van der Waals surface area contributed by atoms with Crippen molar-refractivity contribution < 1.29 is 14.7 Å². The van der Waals surface area contributed by atoms with E-state index in [4.69, 9.17) is 25.8 Å². The van der Waals surface area contributed by atoms with Crippen molar-refractivity contribution in [3.05, 3.63) is 0 Å². The summed E-state index contributed by atoms with van der Waals surface area (Å²) in [6, 6.07) is 4.57. The normalized spacial score (nSPS) is 9.46. The number of nitrogens with zero attached hydrogens (tertiary/aromatic N) is 3. The van der Waals surface area contributed by atoms with Gasteiger partial charge in [0.25, 0.3) is 0 Å². The molecular weight excluding hydrogens is 173 g/mol. The zero-order chi connectivity index (χ0) is 10.3. The molecule has 0 heterocycles. The van der Waals surface area contributed by atoms with Crippen molar-refractivity contribution in [1.29, 1.82) is 15.8 Å². The quantitative estimate of drug-likeness (QED) is 0.529. The second-order valence-electron chi connectivity index (χ2n) is 2.19. The minimum Gasteiger partial charge on any atom is -0.402 e. The first kappa shape index (κ1) is 11.4. The van der Waals surface area contributed by atoms with Crippen molar-refractivity contribution in [3.63, 3.8) is 0 Å². The molecule has 0 radical (unpaired) electrons. The molecule has 0 amide bonds. The van der Waals surface area contributed by atoms with E-state index in [0.29, 0.717) is 0 Å². The molecule has 0 fully saturated rings. The molecule has 0 aromatic carbocycles. The number of nitriles is 3. The Morgan fingerprint density at radius 2 is 1.62 bits per heavy atom. The van der Waals surface area contributed by atoms with E-state index < -0.39 is 12.7 Å². The zero-order valence-electron chi connectivity index (χ0n) is 6.64. The minimum atomic E-state index is -1.95. The van der Waals surface area contributed by atoms with E-state index in [0.717, 1.165) is 0 Å². The summed E-state index contributed by atoms with van der Waals surface area (Å²) in [5, 5.41) is 41.9. The van der Waals surface area contributed by atoms with Gasteiger partial charge in [-0.2, -0.15) is 15.8 Å². The molecule has 7 heteroatoms. The smallest absolute Gasteiger partial charge is 0.402 e. The third-order valence-corrected chi connectivity index (χ3v) is 1.32. The topological polar surface area (TPSA) is 121 Å². The van der Waals surface area contributed by atoms with E-state index >= 15 is 0 Å². The molecule has 0 aromatic heterocycles. The fourth-order valence-electron chi connectivity index (χ4n) is 0.560. The van der Waals surface area contributed by atoms with Crippen molar-refractivity contribution in [1.82, 2.24) is 0 Å². The van der Waals surface area contributed by atoms with Gasteiger partial charge in [-0.3, -0.25) is 0 Å². The van der Waals surface area contributed by atoms with Gasteiger partial charge in [0, 0.05) is 13.0 Å². The fourth-order valence-corrected chi connectivity index (χ4v) is 0.560. The van der Waals surface area contributed by atoms with Crippen molar-refractivity contribution >= 4 is 7.32 Å². The molecule has 66 valence electrons. The average Bonchev–Trinajstić information content (AvgIpc) is 2.13. The third-order valence-electron chi connectivity index (χ3n) is 1.32. The Bertz CT molecular complexity index is 249. The van der Waals surface area contributed by atoms with E-state index in [-0.39, 0.29) is 13.0 Å². The van der Waals surface area contributed by atoms with Crippen LogP contribution < -0.4 is 0 Å². The average molecular weight is 179 g/mol. The molecule has 0 aromatic rings. The Morgan fingerprint density at radius 3 is 1.92 bits per heavy atom. The monoisotopic (exact) mass is 179 g/mol. The largest absolute Gasteiger partial charge is 0.633 e. The molecule has 2 N–H and O–H groups in total. The Morgan fingerprint density at radius 1 is 1.15 bits per heavy atom. The SMILES string of the molecule is N#CC(C#N)(C#N)CCOB(O)O. The molecule has 6 nitrogen and oxygen atoms in total. The van der Waals surface area contributed by atoms with Gasteiger partial charge in [-0.1, -0.05) is 0 Å². The van der Waals surface area contributed by atoms with Gasteiger partial charge in [-0.05, 0) is 0 Å². The van der Waals surface area contributed by atoms with Crippen molar-refractivity contribution in [2.24, 2.45) is 5.41 Å². The van der Waals surface area contributed by atoms with Crippen LogP contribution in [0.25, 0.3) is 0 Å². The molecule has 0 atom stereocenters. The predicted octanol–water partition coefficient (Wildman–Crippen LogP) is -1.08. The Hall–Kier alpha value is -1.59. The molecular formula is C6H6BN3O3. The standard InChI is InChI=1S/C6H6BN3O3/c8-3-6(4-9,5-10)1-2-13-7(11)12/h11-12H,1-2H2. The summed E-state index contributed by atoms with van der Waals surface area (Å²) in [5.41, 5.74) is -1.77. The number of rotatable bonds is 4. The summed E-state index contributed by atoms with van der Waals surface area (Å²) in [7, 11) is -1.95. The van der Waals surface area contributed by atoms with Crippen LogP contribution in [0, 0.1) is 39.4 Å². The second kappa shape index (κ2) is 5.13. The van der Waals surface area contributed by atoms with Crippen LogP contribution in [-0.2, 0) is 4.65 Å². The maximum absolute atomic E-state index is 8.47. The highest BCUT2D eigenvalue weighted by Crippen LogP contribution is 2.18. The van der Waals surface area contributed by atoms with Crippen LogP contribution in [0.2, 0.25) is 0 Å². The fraction of sp³-hybridized carbons (Fsp3) is 0.500. The van der Waals surface area contributed by atoms with Crippen LogP contribution in [-0.4, -0.2) is 24.0 Å². The zero-order valence-corrected chi connectivity index (χ0v) is 6.64. The van der Waals surface area contributed by atoms with Gasteiger partial charge in [-0.15, -0.1) is 0 Å². The summed E-state index contributed by atoms with van der Waals surface area (Å²) in [4.78, 5) is 0. The van der Waals surface area contributed by atoms with E-state index in [2.05, 4.69) is 4.65 Å². The minimum absolute atomic E-state index is 0.186. The lowest BCUT2D eigenvalue weighted by Gasteiger charge is -2.08. The molecule has 0 saturated carbocycles. The van der Waals surface area contributed by atoms with Gasteiger partial charge in [0.1, 0.15) is 18.2 Å². The van der Waals surface area contributed by atoms with Gasteiger partial charge in [0.2, 0.25) is 5.41 Å². The van der Waals surface area contributed by atoms with E-state index in [1.54, 1.807) is 0 Å². The summed E-state index contributed by atoms with van der Waals surface area (Å²) in [6.45, 7) is -0.244. The lowest BCUT2D eigenvalue weighted by molar-refractivity contribution is 0.176. The number of hydrogen-bond donors (Lipinski definition) is 2. The highest BCUT2D eigenvalue weighted by Gasteiger charge is 2.30. The van der Waals surface area contributed by atoms with Crippen molar-refractivity contribution in [3.8, 4) is 18.2 Å². The van der Waals surface area contributed by atoms with Crippen LogP contribution in [0.5, 0.6) is 0 Å². The highest BCUT2D eigenvalue weighted by molar-refractivity contribution is 6.32. The van der Waals surface area contributed by atoms with Crippen molar-refractivity contribution in [2.45, 2.75) is 6.42 Å². The Labute approximate surface area is 75.4 Å². The maximum atomic E-state index is 8.47.